The van der Waals surface area contributed by atoms with Crippen LogP contribution in [0, 0.1) is 20.8 Å². The van der Waals surface area contributed by atoms with Crippen LogP contribution in [0.15, 0.2) is 6.08 Å². The summed E-state index contributed by atoms with van der Waals surface area (Å²) >= 11 is 1.56. The van der Waals surface area contributed by atoms with E-state index in [0.717, 1.165) is 27.7 Å². The number of nitrogens with zero attached hydrogens (tertiary/aromatic N) is 2. The zero-order valence-corrected chi connectivity index (χ0v) is 9.81. The van der Waals surface area contributed by atoms with Gasteiger partial charge in [-0.25, -0.2) is 9.97 Å². The number of hydrogen-bond acceptors (Lipinski definition) is 4. The van der Waals surface area contributed by atoms with Gasteiger partial charge in [-0.3, -0.25) is 4.79 Å². The highest BCUT2D eigenvalue weighted by molar-refractivity contribution is 8.09. The van der Waals surface area contributed by atoms with E-state index in [1.54, 1.807) is 17.8 Å². The Kier molecular flexibility index (Phi) is 2.61. The van der Waals surface area contributed by atoms with Crippen LogP contribution in [0.1, 0.15) is 22.8 Å². The summed E-state index contributed by atoms with van der Waals surface area (Å²) in [5, 5.41) is 0. The Hall–Kier alpha value is -1.16. The molecule has 0 amide bonds. The van der Waals surface area contributed by atoms with Crippen molar-refractivity contribution in [2.45, 2.75) is 20.8 Å². The molecule has 0 aliphatic carbocycles. The summed E-state index contributed by atoms with van der Waals surface area (Å²) in [6.45, 7) is 5.84. The minimum Gasteiger partial charge on any atom is -0.294 e. The zero-order valence-electron chi connectivity index (χ0n) is 9.00. The van der Waals surface area contributed by atoms with Crippen LogP contribution >= 0.6 is 11.8 Å². The first-order valence-corrected chi connectivity index (χ1v) is 5.76. The van der Waals surface area contributed by atoms with Gasteiger partial charge in [0.1, 0.15) is 5.82 Å². The van der Waals surface area contributed by atoms with E-state index in [1.165, 1.54) is 0 Å². The molecular formula is C11H12N2OS. The molecule has 0 saturated carbocycles. The van der Waals surface area contributed by atoms with Crippen LogP contribution in [0.25, 0.3) is 4.91 Å². The van der Waals surface area contributed by atoms with Gasteiger partial charge in [-0.15, -0.1) is 11.8 Å². The summed E-state index contributed by atoms with van der Waals surface area (Å²) < 4.78 is 0. The van der Waals surface area contributed by atoms with Gasteiger partial charge in [0, 0.05) is 10.6 Å². The predicted molar refractivity (Wildman–Crippen MR) is 61.7 cm³/mol. The van der Waals surface area contributed by atoms with E-state index < -0.39 is 0 Å². The maximum Gasteiger partial charge on any atom is 0.167 e. The average Bonchev–Trinajstić information content (AvgIpc) is 2.58. The van der Waals surface area contributed by atoms with Crippen LogP contribution in [-0.4, -0.2) is 21.5 Å². The first-order valence-electron chi connectivity index (χ1n) is 4.77. The van der Waals surface area contributed by atoms with Crippen molar-refractivity contribution in [1.29, 1.82) is 0 Å². The van der Waals surface area contributed by atoms with Gasteiger partial charge in [0.25, 0.3) is 0 Å². The molecule has 0 spiro atoms. The number of thioether (sulfide) groups is 1. The van der Waals surface area contributed by atoms with Gasteiger partial charge in [0.15, 0.2) is 5.78 Å². The molecule has 3 nitrogen and oxygen atoms in total. The third-order valence-corrected chi connectivity index (χ3v) is 3.45. The molecule has 0 fully saturated rings. The lowest BCUT2D eigenvalue weighted by Gasteiger charge is -2.08. The molecule has 4 heteroatoms. The number of ketones is 1. The second kappa shape index (κ2) is 3.77. The number of aryl methyl sites for hydroxylation is 2. The van der Waals surface area contributed by atoms with E-state index in [-0.39, 0.29) is 5.78 Å². The van der Waals surface area contributed by atoms with E-state index in [9.17, 15) is 4.79 Å². The molecule has 2 rings (SSSR count). The first-order chi connectivity index (χ1) is 7.08. The summed E-state index contributed by atoms with van der Waals surface area (Å²) in [6.07, 6.45) is 1.68. The average molecular weight is 220 g/mol. The highest BCUT2D eigenvalue weighted by Gasteiger charge is 2.18. The Labute approximate surface area is 93.0 Å². The third kappa shape index (κ3) is 1.95. The minimum absolute atomic E-state index is 0.170. The van der Waals surface area contributed by atoms with Crippen molar-refractivity contribution in [3.8, 4) is 0 Å². The molecule has 15 heavy (non-hydrogen) atoms. The standard InChI is InChI=1S/C11H12N2OS/c1-6-7(2)12-8(3)13-11(6)10-4-9(14)5-15-10/h4H,5H2,1-3H3. The summed E-state index contributed by atoms with van der Waals surface area (Å²) in [5.41, 5.74) is 2.96. The van der Waals surface area contributed by atoms with Crippen molar-refractivity contribution in [3.63, 3.8) is 0 Å². The molecule has 0 saturated heterocycles. The van der Waals surface area contributed by atoms with E-state index in [1.807, 2.05) is 20.8 Å². The largest absolute Gasteiger partial charge is 0.294 e. The van der Waals surface area contributed by atoms with E-state index in [4.69, 9.17) is 0 Å². The Morgan fingerprint density at radius 3 is 2.60 bits per heavy atom. The minimum atomic E-state index is 0.170. The lowest BCUT2D eigenvalue weighted by molar-refractivity contribution is -0.112. The van der Waals surface area contributed by atoms with Crippen molar-refractivity contribution in [1.82, 2.24) is 9.97 Å². The van der Waals surface area contributed by atoms with Crippen molar-refractivity contribution in [2.24, 2.45) is 0 Å². The van der Waals surface area contributed by atoms with Crippen molar-refractivity contribution >= 4 is 22.5 Å². The predicted octanol–water partition coefficient (Wildman–Crippen LogP) is 2.06. The van der Waals surface area contributed by atoms with Crippen LogP contribution in [0.2, 0.25) is 0 Å². The molecule has 1 aliphatic heterocycles. The Balaban J connectivity index is 2.53. The summed E-state index contributed by atoms with van der Waals surface area (Å²) in [4.78, 5) is 20.8. The number of rotatable bonds is 1. The highest BCUT2D eigenvalue weighted by Crippen LogP contribution is 2.33. The second-order valence-corrected chi connectivity index (χ2v) is 4.61. The fraction of sp³-hybridized carbons (Fsp3) is 0.364. The second-order valence-electron chi connectivity index (χ2n) is 3.59. The summed E-state index contributed by atoms with van der Waals surface area (Å²) in [6, 6.07) is 0. The fourth-order valence-electron chi connectivity index (χ4n) is 1.52. The lowest BCUT2D eigenvalue weighted by Crippen LogP contribution is -2.00. The molecule has 0 radical (unpaired) electrons. The molecule has 1 aromatic rings. The smallest absolute Gasteiger partial charge is 0.167 e. The number of carbonyl (C=O) groups excluding carboxylic acids is 1. The van der Waals surface area contributed by atoms with Gasteiger partial charge in [-0.1, -0.05) is 0 Å². The number of aromatic nitrogens is 2. The van der Waals surface area contributed by atoms with Crippen molar-refractivity contribution < 1.29 is 4.79 Å². The summed E-state index contributed by atoms with van der Waals surface area (Å²) in [5.74, 6) is 1.47. The van der Waals surface area contributed by atoms with Gasteiger partial charge in [0.2, 0.25) is 0 Å². The molecular weight excluding hydrogens is 208 g/mol. The van der Waals surface area contributed by atoms with Crippen LogP contribution in [-0.2, 0) is 4.79 Å². The quantitative estimate of drug-likeness (QED) is 0.726. The van der Waals surface area contributed by atoms with Crippen LogP contribution in [0.4, 0.5) is 0 Å². The van der Waals surface area contributed by atoms with Gasteiger partial charge in [-0.05, 0) is 32.4 Å². The van der Waals surface area contributed by atoms with E-state index in [0.29, 0.717) is 5.75 Å². The first kappa shape index (κ1) is 10.4. The molecule has 0 bridgehead atoms. The topological polar surface area (TPSA) is 42.9 Å². The molecule has 2 heterocycles. The van der Waals surface area contributed by atoms with Gasteiger partial charge < -0.3 is 0 Å². The van der Waals surface area contributed by atoms with Crippen molar-refractivity contribution in [2.75, 3.05) is 5.75 Å². The molecule has 0 unspecified atom stereocenters. The number of allylic oxidation sites excluding steroid dienone is 1. The SMILES string of the molecule is Cc1nc(C)c(C)c(C2=CC(=O)CS2)n1. The van der Waals surface area contributed by atoms with Crippen LogP contribution in [0.3, 0.4) is 0 Å². The van der Waals surface area contributed by atoms with Crippen molar-refractivity contribution in [3.05, 3.63) is 28.9 Å². The fourth-order valence-corrected chi connectivity index (χ4v) is 2.45. The maximum absolute atomic E-state index is 11.2. The third-order valence-electron chi connectivity index (χ3n) is 2.40. The molecule has 0 atom stereocenters. The van der Waals surface area contributed by atoms with Crippen LogP contribution < -0.4 is 0 Å². The zero-order chi connectivity index (χ0) is 11.0. The molecule has 1 aliphatic rings. The Morgan fingerprint density at radius 2 is 2.00 bits per heavy atom. The van der Waals surface area contributed by atoms with Gasteiger partial charge >= 0.3 is 0 Å². The maximum atomic E-state index is 11.2. The van der Waals surface area contributed by atoms with Crippen LogP contribution in [0.5, 0.6) is 0 Å². The van der Waals surface area contributed by atoms with Gasteiger partial charge in [0.05, 0.1) is 11.4 Å². The monoisotopic (exact) mass is 220 g/mol. The normalized spacial score (nSPS) is 15.7. The number of carbonyl (C=O) groups is 1. The van der Waals surface area contributed by atoms with E-state index in [2.05, 4.69) is 9.97 Å². The van der Waals surface area contributed by atoms with Gasteiger partial charge in [-0.2, -0.15) is 0 Å². The summed E-state index contributed by atoms with van der Waals surface area (Å²) in [7, 11) is 0. The van der Waals surface area contributed by atoms with E-state index >= 15 is 0 Å². The molecule has 1 aromatic heterocycles. The molecule has 0 N–H and O–H groups in total. The molecule has 0 aromatic carbocycles. The Bertz CT molecular complexity index is 466. The molecule has 78 valence electrons. The highest BCUT2D eigenvalue weighted by atomic mass is 32.2. The Morgan fingerprint density at radius 1 is 1.27 bits per heavy atom. The number of hydrogen-bond donors (Lipinski definition) is 0. The lowest BCUT2D eigenvalue weighted by atomic mass is 10.1.